The lowest BCUT2D eigenvalue weighted by atomic mass is 9.98. The fraction of sp³-hybridized carbons (Fsp3) is 0. The molecule has 0 spiro atoms. The van der Waals surface area contributed by atoms with E-state index in [1.807, 2.05) is 42.5 Å². The maximum atomic E-state index is 6.59. The molecule has 54 heavy (non-hydrogen) atoms. The van der Waals surface area contributed by atoms with Crippen LogP contribution in [0.3, 0.4) is 0 Å². The highest BCUT2D eigenvalue weighted by Gasteiger charge is 2.20. The summed E-state index contributed by atoms with van der Waals surface area (Å²) < 4.78 is 12.8. The van der Waals surface area contributed by atoms with Gasteiger partial charge in [-0.05, 0) is 70.1 Å². The van der Waals surface area contributed by atoms with E-state index in [-0.39, 0.29) is 0 Å². The van der Waals surface area contributed by atoms with Crippen LogP contribution >= 0.6 is 0 Å². The third kappa shape index (κ3) is 4.98. The number of benzene rings is 8. The molecule has 0 fully saturated rings. The van der Waals surface area contributed by atoms with Crippen molar-refractivity contribution in [1.29, 1.82) is 0 Å². The summed E-state index contributed by atoms with van der Waals surface area (Å²) in [6.07, 6.45) is 0. The summed E-state index contributed by atoms with van der Waals surface area (Å²) in [5.41, 5.74) is 10.6. The van der Waals surface area contributed by atoms with E-state index in [0.717, 1.165) is 93.6 Å². The third-order valence-corrected chi connectivity index (χ3v) is 10.3. The van der Waals surface area contributed by atoms with E-state index < -0.39 is 0 Å². The van der Waals surface area contributed by atoms with Gasteiger partial charge in [0.15, 0.2) is 17.5 Å². The van der Waals surface area contributed by atoms with E-state index in [0.29, 0.717) is 17.5 Å². The number of hydrogen-bond acceptors (Lipinski definition) is 5. The average molecular weight is 692 g/mol. The van der Waals surface area contributed by atoms with Crippen molar-refractivity contribution in [2.24, 2.45) is 0 Å². The second-order valence-corrected chi connectivity index (χ2v) is 13.6. The van der Waals surface area contributed by atoms with Crippen LogP contribution in [-0.2, 0) is 0 Å². The van der Waals surface area contributed by atoms with Crippen LogP contribution in [0.25, 0.3) is 111 Å². The molecule has 0 aliphatic rings. The molecule has 0 bridgehead atoms. The maximum Gasteiger partial charge on any atom is 0.164 e. The molecule has 11 rings (SSSR count). The van der Waals surface area contributed by atoms with E-state index in [9.17, 15) is 0 Å². The Morgan fingerprint density at radius 3 is 1.52 bits per heavy atom. The smallest absolute Gasteiger partial charge is 0.164 e. The lowest BCUT2D eigenvalue weighted by Crippen LogP contribution is -2.00. The van der Waals surface area contributed by atoms with Gasteiger partial charge in [0.1, 0.15) is 22.3 Å². The number of rotatable bonds is 5. The summed E-state index contributed by atoms with van der Waals surface area (Å²) in [6.45, 7) is 0. The van der Waals surface area contributed by atoms with Gasteiger partial charge in [-0.1, -0.05) is 133 Å². The fourth-order valence-corrected chi connectivity index (χ4v) is 7.66. The van der Waals surface area contributed by atoms with Gasteiger partial charge in [0.25, 0.3) is 0 Å². The normalized spacial score (nSPS) is 11.7. The van der Waals surface area contributed by atoms with Crippen LogP contribution in [0, 0.1) is 0 Å². The molecular weight excluding hydrogens is 663 g/mol. The Balaban J connectivity index is 1.15. The first-order valence-corrected chi connectivity index (χ1v) is 18.0. The van der Waals surface area contributed by atoms with Crippen molar-refractivity contribution in [2.45, 2.75) is 0 Å². The molecule has 5 heteroatoms. The first kappa shape index (κ1) is 30.3. The van der Waals surface area contributed by atoms with Gasteiger partial charge in [0.05, 0.1) is 0 Å². The van der Waals surface area contributed by atoms with Crippen LogP contribution in [0.2, 0.25) is 0 Å². The van der Waals surface area contributed by atoms with Crippen molar-refractivity contribution >= 4 is 54.6 Å². The van der Waals surface area contributed by atoms with Crippen molar-refractivity contribution < 1.29 is 8.83 Å². The van der Waals surface area contributed by atoms with Crippen LogP contribution in [0.4, 0.5) is 0 Å². The van der Waals surface area contributed by atoms with Crippen molar-refractivity contribution in [3.63, 3.8) is 0 Å². The molecule has 252 valence electrons. The SMILES string of the molecule is c1ccc(-c2ccc(-c3nc(-c4ccc5oc6ccccc6c5c4)nc(-c4cc5c6cc(-c7ccccc7)ccc6oc5c5ccccc45)n3)cc2)cc1. The van der Waals surface area contributed by atoms with Gasteiger partial charge < -0.3 is 8.83 Å². The molecule has 0 amide bonds. The lowest BCUT2D eigenvalue weighted by molar-refractivity contribution is 0.669. The Kier molecular flexibility index (Phi) is 6.79. The molecule has 0 atom stereocenters. The minimum absolute atomic E-state index is 0.585. The third-order valence-electron chi connectivity index (χ3n) is 10.3. The first-order chi connectivity index (χ1) is 26.7. The Labute approximate surface area is 309 Å². The van der Waals surface area contributed by atoms with Crippen molar-refractivity contribution in [3.8, 4) is 56.4 Å². The van der Waals surface area contributed by atoms with E-state index in [2.05, 4.69) is 133 Å². The highest BCUT2D eigenvalue weighted by molar-refractivity contribution is 6.19. The van der Waals surface area contributed by atoms with Crippen LogP contribution in [0.5, 0.6) is 0 Å². The van der Waals surface area contributed by atoms with E-state index in [1.54, 1.807) is 0 Å². The summed E-state index contributed by atoms with van der Waals surface area (Å²) >= 11 is 0. The van der Waals surface area contributed by atoms with Crippen molar-refractivity contribution in [3.05, 3.63) is 176 Å². The van der Waals surface area contributed by atoms with Gasteiger partial charge in [-0.3, -0.25) is 0 Å². The van der Waals surface area contributed by atoms with Gasteiger partial charge in [-0.15, -0.1) is 0 Å². The predicted molar refractivity (Wildman–Crippen MR) is 219 cm³/mol. The number of hydrogen-bond donors (Lipinski definition) is 0. The Morgan fingerprint density at radius 2 is 0.759 bits per heavy atom. The van der Waals surface area contributed by atoms with Crippen molar-refractivity contribution in [2.75, 3.05) is 0 Å². The average Bonchev–Trinajstić information content (AvgIpc) is 3.82. The zero-order chi connectivity index (χ0) is 35.6. The van der Waals surface area contributed by atoms with Gasteiger partial charge in [-0.25, -0.2) is 15.0 Å². The Hall–Kier alpha value is -7.37. The highest BCUT2D eigenvalue weighted by atomic mass is 16.3. The number of nitrogens with zero attached hydrogens (tertiary/aromatic N) is 3. The Morgan fingerprint density at radius 1 is 0.278 bits per heavy atom. The van der Waals surface area contributed by atoms with Crippen molar-refractivity contribution in [1.82, 2.24) is 15.0 Å². The summed E-state index contributed by atoms with van der Waals surface area (Å²) in [5, 5.41) is 6.14. The van der Waals surface area contributed by atoms with Crippen LogP contribution < -0.4 is 0 Å². The highest BCUT2D eigenvalue weighted by Crippen LogP contribution is 2.41. The molecule has 0 saturated carbocycles. The van der Waals surface area contributed by atoms with Gasteiger partial charge in [0, 0.05) is 43.6 Å². The summed E-state index contributed by atoms with van der Waals surface area (Å²) in [6, 6.07) is 60.5. The minimum atomic E-state index is 0.585. The second-order valence-electron chi connectivity index (χ2n) is 13.6. The largest absolute Gasteiger partial charge is 0.456 e. The van der Waals surface area contributed by atoms with Crippen LogP contribution in [0.15, 0.2) is 185 Å². The summed E-state index contributed by atoms with van der Waals surface area (Å²) in [5.74, 6) is 1.77. The zero-order valence-electron chi connectivity index (χ0n) is 28.9. The van der Waals surface area contributed by atoms with E-state index >= 15 is 0 Å². The number of para-hydroxylation sites is 1. The van der Waals surface area contributed by atoms with E-state index in [1.165, 1.54) is 0 Å². The molecule has 8 aromatic carbocycles. The fourth-order valence-electron chi connectivity index (χ4n) is 7.66. The standard InChI is InChI=1S/C49H29N3O2/c1-3-11-30(12-4-1)32-19-21-33(22-20-32)47-50-48(35-24-26-44-39(28-35)37-16-9-10-18-43(37)53-44)52-49(51-47)42-29-41-40-27-34(31-13-5-2-6-14-31)23-25-45(40)54-46(41)38-17-8-7-15-36(38)42/h1-29H. The maximum absolute atomic E-state index is 6.59. The summed E-state index contributed by atoms with van der Waals surface area (Å²) in [4.78, 5) is 15.6. The van der Waals surface area contributed by atoms with Gasteiger partial charge in [0.2, 0.25) is 0 Å². The molecule has 0 unspecified atom stereocenters. The first-order valence-electron chi connectivity index (χ1n) is 18.0. The van der Waals surface area contributed by atoms with E-state index in [4.69, 9.17) is 23.8 Å². The molecule has 3 heterocycles. The lowest BCUT2D eigenvalue weighted by Gasteiger charge is -2.11. The molecule has 0 aliphatic heterocycles. The number of furan rings is 2. The summed E-state index contributed by atoms with van der Waals surface area (Å²) in [7, 11) is 0. The molecule has 11 aromatic rings. The van der Waals surface area contributed by atoms with Crippen LogP contribution in [-0.4, -0.2) is 15.0 Å². The predicted octanol–water partition coefficient (Wildman–Crippen LogP) is 13.2. The molecular formula is C49H29N3O2. The number of fused-ring (bicyclic) bond motifs is 8. The second kappa shape index (κ2) is 12.1. The topological polar surface area (TPSA) is 65.0 Å². The van der Waals surface area contributed by atoms with Crippen LogP contribution in [0.1, 0.15) is 0 Å². The molecule has 3 aromatic heterocycles. The number of aromatic nitrogens is 3. The minimum Gasteiger partial charge on any atom is -0.456 e. The molecule has 5 nitrogen and oxygen atoms in total. The molecule has 0 radical (unpaired) electrons. The quantitative estimate of drug-likeness (QED) is 0.180. The van der Waals surface area contributed by atoms with Gasteiger partial charge >= 0.3 is 0 Å². The molecule has 0 aliphatic carbocycles. The monoisotopic (exact) mass is 691 g/mol. The van der Waals surface area contributed by atoms with Gasteiger partial charge in [-0.2, -0.15) is 0 Å². The molecule has 0 saturated heterocycles. The molecule has 0 N–H and O–H groups in total. The zero-order valence-corrected chi connectivity index (χ0v) is 28.9. The Bertz CT molecular complexity index is 3200.